The molecule has 6 nitrogen and oxygen atoms in total. The van der Waals surface area contributed by atoms with Gasteiger partial charge in [-0.1, -0.05) is 6.07 Å². The lowest BCUT2D eigenvalue weighted by molar-refractivity contribution is -0.133. The van der Waals surface area contributed by atoms with Crippen LogP contribution in [0.5, 0.6) is 0 Å². The summed E-state index contributed by atoms with van der Waals surface area (Å²) in [5.74, 6) is 2.37. The van der Waals surface area contributed by atoms with Crippen LogP contribution in [0, 0.1) is 12.8 Å². The van der Waals surface area contributed by atoms with Gasteiger partial charge in [-0.05, 0) is 56.5 Å². The fourth-order valence-corrected chi connectivity index (χ4v) is 3.89. The molecule has 0 bridgehead atoms. The Morgan fingerprint density at radius 3 is 3.04 bits per heavy atom. The van der Waals surface area contributed by atoms with E-state index < -0.39 is 0 Å². The Balaban J connectivity index is 1.28. The van der Waals surface area contributed by atoms with Crippen molar-refractivity contribution in [3.63, 3.8) is 0 Å². The fourth-order valence-electron chi connectivity index (χ4n) is 3.89. The molecule has 0 aliphatic carbocycles. The number of carbonyl (C=O) groups is 1. The van der Waals surface area contributed by atoms with Gasteiger partial charge in [0.2, 0.25) is 5.91 Å². The summed E-state index contributed by atoms with van der Waals surface area (Å²) < 4.78 is 11.8. The van der Waals surface area contributed by atoms with Crippen molar-refractivity contribution in [2.24, 2.45) is 5.92 Å². The quantitative estimate of drug-likeness (QED) is 0.891. The molecule has 2 aliphatic heterocycles. The molecule has 2 aromatic rings. The van der Waals surface area contributed by atoms with Gasteiger partial charge < -0.3 is 14.5 Å². The van der Waals surface area contributed by atoms with Gasteiger partial charge in [-0.25, -0.2) is 0 Å². The Morgan fingerprint density at radius 1 is 1.35 bits per heavy atom. The molecule has 0 unspecified atom stereocenters. The molecule has 1 amide bonds. The van der Waals surface area contributed by atoms with Crippen LogP contribution in [-0.4, -0.2) is 41.1 Å². The van der Waals surface area contributed by atoms with E-state index in [0.29, 0.717) is 12.5 Å². The number of nitrogens with zero attached hydrogens (tertiary/aromatic N) is 2. The number of hydrogen-bond acceptors (Lipinski definition) is 5. The number of rotatable bonds is 5. The monoisotopic (exact) mass is 355 g/mol. The molecule has 2 aliphatic rings. The standard InChI is InChI=1S/C20H25N3O3/c1-14-5-6-17(25-14)12-23-9-7-15-10-18(26-19(15)13-23)20(24)22-11-16-4-2-3-8-21-16/h2-6,8,15,18-19H,7,9-13H2,1H3,(H,22,24)/t15-,18+,19-/m0/s1. The van der Waals surface area contributed by atoms with Crippen molar-refractivity contribution in [2.45, 2.75) is 45.1 Å². The van der Waals surface area contributed by atoms with Crippen molar-refractivity contribution in [3.8, 4) is 0 Å². The maximum atomic E-state index is 12.4. The number of pyridine rings is 1. The Kier molecular flexibility index (Phi) is 5.04. The van der Waals surface area contributed by atoms with Gasteiger partial charge in [0.1, 0.15) is 17.6 Å². The van der Waals surface area contributed by atoms with Gasteiger partial charge in [0.25, 0.3) is 0 Å². The van der Waals surface area contributed by atoms with E-state index in [4.69, 9.17) is 9.15 Å². The van der Waals surface area contributed by atoms with Crippen molar-refractivity contribution in [3.05, 3.63) is 53.7 Å². The van der Waals surface area contributed by atoms with Crippen LogP contribution in [0.3, 0.4) is 0 Å². The molecule has 6 heteroatoms. The molecule has 2 aromatic heterocycles. The molecule has 0 aromatic carbocycles. The van der Waals surface area contributed by atoms with Gasteiger partial charge >= 0.3 is 0 Å². The van der Waals surface area contributed by atoms with Crippen LogP contribution in [-0.2, 0) is 22.6 Å². The second kappa shape index (κ2) is 7.60. The van der Waals surface area contributed by atoms with Gasteiger partial charge in [0, 0.05) is 12.7 Å². The number of likely N-dealkylation sites (tertiary alicyclic amines) is 1. The van der Waals surface area contributed by atoms with Crippen molar-refractivity contribution < 1.29 is 13.9 Å². The van der Waals surface area contributed by atoms with E-state index >= 15 is 0 Å². The van der Waals surface area contributed by atoms with E-state index in [1.54, 1.807) is 6.20 Å². The molecular formula is C20H25N3O3. The number of aromatic nitrogens is 1. The molecule has 2 fully saturated rings. The molecule has 3 atom stereocenters. The lowest BCUT2D eigenvalue weighted by atomic mass is 9.91. The zero-order valence-electron chi connectivity index (χ0n) is 15.1. The van der Waals surface area contributed by atoms with Gasteiger partial charge in [-0.2, -0.15) is 0 Å². The molecule has 0 radical (unpaired) electrons. The van der Waals surface area contributed by atoms with Crippen LogP contribution in [0.1, 0.15) is 30.1 Å². The van der Waals surface area contributed by atoms with E-state index in [-0.39, 0.29) is 18.1 Å². The number of furan rings is 1. The number of nitrogens with one attached hydrogen (secondary N) is 1. The van der Waals surface area contributed by atoms with E-state index in [1.807, 2.05) is 37.3 Å². The van der Waals surface area contributed by atoms with E-state index in [0.717, 1.165) is 49.7 Å². The topological polar surface area (TPSA) is 67.6 Å². The Labute approximate surface area is 153 Å². The predicted octanol–water partition coefficient (Wildman–Crippen LogP) is 2.28. The zero-order valence-corrected chi connectivity index (χ0v) is 15.1. The number of piperidine rings is 1. The number of hydrogen-bond donors (Lipinski definition) is 1. The van der Waals surface area contributed by atoms with E-state index in [1.165, 1.54) is 0 Å². The van der Waals surface area contributed by atoms with Crippen molar-refractivity contribution in [1.82, 2.24) is 15.2 Å². The Bertz CT molecular complexity index is 746. The van der Waals surface area contributed by atoms with Crippen molar-refractivity contribution >= 4 is 5.91 Å². The summed E-state index contributed by atoms with van der Waals surface area (Å²) in [5, 5.41) is 2.95. The third-order valence-corrected chi connectivity index (χ3v) is 5.27. The summed E-state index contributed by atoms with van der Waals surface area (Å²) in [4.78, 5) is 19.0. The van der Waals surface area contributed by atoms with Crippen LogP contribution < -0.4 is 5.32 Å². The average Bonchev–Trinajstić information content (AvgIpc) is 3.26. The third-order valence-electron chi connectivity index (χ3n) is 5.27. The minimum Gasteiger partial charge on any atom is -0.465 e. The van der Waals surface area contributed by atoms with E-state index in [2.05, 4.69) is 15.2 Å². The molecule has 4 rings (SSSR count). The summed E-state index contributed by atoms with van der Waals surface area (Å²) in [6.45, 7) is 5.08. The summed E-state index contributed by atoms with van der Waals surface area (Å²) in [6.07, 6.45) is 3.39. The highest BCUT2D eigenvalue weighted by Crippen LogP contribution is 2.33. The zero-order chi connectivity index (χ0) is 17.9. The highest BCUT2D eigenvalue weighted by atomic mass is 16.5. The first-order valence-electron chi connectivity index (χ1n) is 9.28. The van der Waals surface area contributed by atoms with Crippen LogP contribution in [0.25, 0.3) is 0 Å². The summed E-state index contributed by atoms with van der Waals surface area (Å²) in [6, 6.07) is 9.72. The minimum absolute atomic E-state index is 0.0294. The number of amides is 1. The summed E-state index contributed by atoms with van der Waals surface area (Å²) in [7, 11) is 0. The Morgan fingerprint density at radius 2 is 2.27 bits per heavy atom. The second-order valence-electron chi connectivity index (χ2n) is 7.23. The molecule has 2 saturated heterocycles. The minimum atomic E-state index is -0.348. The molecule has 0 saturated carbocycles. The van der Waals surface area contributed by atoms with Crippen molar-refractivity contribution in [1.29, 1.82) is 0 Å². The largest absolute Gasteiger partial charge is 0.465 e. The molecule has 0 spiro atoms. The lowest BCUT2D eigenvalue weighted by Crippen LogP contribution is -2.42. The van der Waals surface area contributed by atoms with E-state index in [9.17, 15) is 4.79 Å². The smallest absolute Gasteiger partial charge is 0.249 e. The first-order valence-corrected chi connectivity index (χ1v) is 9.28. The maximum absolute atomic E-state index is 12.4. The highest BCUT2D eigenvalue weighted by Gasteiger charge is 2.41. The predicted molar refractivity (Wildman–Crippen MR) is 96.2 cm³/mol. The Hall–Kier alpha value is -2.18. The first-order chi connectivity index (χ1) is 12.7. The van der Waals surface area contributed by atoms with Crippen LogP contribution >= 0.6 is 0 Å². The van der Waals surface area contributed by atoms with Gasteiger partial charge in [0.05, 0.1) is 24.9 Å². The molecule has 1 N–H and O–H groups in total. The van der Waals surface area contributed by atoms with Crippen LogP contribution in [0.2, 0.25) is 0 Å². The second-order valence-corrected chi connectivity index (χ2v) is 7.23. The first kappa shape index (κ1) is 17.2. The highest BCUT2D eigenvalue weighted by molar-refractivity contribution is 5.81. The van der Waals surface area contributed by atoms with Crippen molar-refractivity contribution in [2.75, 3.05) is 13.1 Å². The molecule has 4 heterocycles. The average molecular weight is 355 g/mol. The molecule has 138 valence electrons. The lowest BCUT2D eigenvalue weighted by Gasteiger charge is -2.33. The fraction of sp³-hybridized carbons (Fsp3) is 0.500. The number of aryl methyl sites for hydroxylation is 1. The third kappa shape index (κ3) is 3.97. The summed E-state index contributed by atoms with van der Waals surface area (Å²) in [5.41, 5.74) is 0.858. The summed E-state index contributed by atoms with van der Waals surface area (Å²) >= 11 is 0. The SMILES string of the molecule is Cc1ccc(CN2CC[C@H]3C[C@H](C(=O)NCc4ccccn4)O[C@H]3C2)o1. The van der Waals surface area contributed by atoms with Gasteiger partial charge in [-0.15, -0.1) is 0 Å². The molecular weight excluding hydrogens is 330 g/mol. The molecule has 26 heavy (non-hydrogen) atoms. The normalized spacial score (nSPS) is 25.8. The maximum Gasteiger partial charge on any atom is 0.249 e. The van der Waals surface area contributed by atoms with Crippen LogP contribution in [0.4, 0.5) is 0 Å². The number of fused-ring (bicyclic) bond motifs is 1. The number of ether oxygens (including phenoxy) is 1. The number of carbonyl (C=O) groups excluding carboxylic acids is 1. The van der Waals surface area contributed by atoms with Gasteiger partial charge in [-0.3, -0.25) is 14.7 Å². The van der Waals surface area contributed by atoms with Gasteiger partial charge in [0.15, 0.2) is 0 Å². The van der Waals surface area contributed by atoms with Crippen LogP contribution in [0.15, 0.2) is 40.9 Å².